The van der Waals surface area contributed by atoms with Crippen LogP contribution in [-0.4, -0.2) is 49.6 Å². The van der Waals surface area contributed by atoms with Crippen molar-refractivity contribution >= 4 is 17.5 Å². The van der Waals surface area contributed by atoms with E-state index in [1.165, 1.54) is 6.92 Å². The average molecular weight is 346 g/mol. The molecule has 1 aromatic carbocycles. The first-order valence-electron chi connectivity index (χ1n) is 9.09. The molecule has 1 saturated heterocycles. The normalized spacial score (nSPS) is 14.9. The van der Waals surface area contributed by atoms with E-state index in [1.54, 1.807) is 9.80 Å². The molecule has 0 aliphatic carbocycles. The quantitative estimate of drug-likeness (QED) is 0.823. The van der Waals surface area contributed by atoms with E-state index in [0.717, 1.165) is 16.8 Å². The van der Waals surface area contributed by atoms with Gasteiger partial charge in [-0.3, -0.25) is 9.59 Å². The largest absolute Gasteiger partial charge is 0.378 e. The van der Waals surface area contributed by atoms with Crippen LogP contribution in [0.2, 0.25) is 0 Å². The van der Waals surface area contributed by atoms with Crippen LogP contribution in [0.25, 0.3) is 0 Å². The first-order valence-corrected chi connectivity index (χ1v) is 9.09. The molecule has 25 heavy (non-hydrogen) atoms. The van der Waals surface area contributed by atoms with Gasteiger partial charge in [0.1, 0.15) is 6.54 Å². The van der Waals surface area contributed by atoms with Crippen LogP contribution in [0.5, 0.6) is 0 Å². The van der Waals surface area contributed by atoms with E-state index < -0.39 is 0 Å². The van der Waals surface area contributed by atoms with E-state index >= 15 is 0 Å². The number of hydrogen-bond acceptors (Lipinski definition) is 3. The standard InChI is InChI=1S/C20H30N2O3/c1-14(2)17-7-6-8-18(15(3)4)20(17)22(16(5)23)13-19(24)21-9-11-25-12-10-21/h6-8,14-15H,9-13H2,1-5H3. The van der Waals surface area contributed by atoms with Crippen molar-refractivity contribution in [2.24, 2.45) is 0 Å². The third kappa shape index (κ3) is 4.60. The van der Waals surface area contributed by atoms with Gasteiger partial charge >= 0.3 is 0 Å². The van der Waals surface area contributed by atoms with Crippen LogP contribution in [0.1, 0.15) is 57.6 Å². The van der Waals surface area contributed by atoms with Crippen LogP contribution in [0.15, 0.2) is 18.2 Å². The highest BCUT2D eigenvalue weighted by molar-refractivity contribution is 5.99. The Kier molecular flexibility index (Phi) is 6.59. The smallest absolute Gasteiger partial charge is 0.242 e. The van der Waals surface area contributed by atoms with E-state index in [4.69, 9.17) is 4.74 Å². The Bertz CT molecular complexity index is 593. The summed E-state index contributed by atoms with van der Waals surface area (Å²) in [6.45, 7) is 12.4. The molecule has 2 rings (SSSR count). The number of hydrogen-bond donors (Lipinski definition) is 0. The van der Waals surface area contributed by atoms with Crippen molar-refractivity contribution in [3.8, 4) is 0 Å². The van der Waals surface area contributed by atoms with Gasteiger partial charge in [0.2, 0.25) is 11.8 Å². The van der Waals surface area contributed by atoms with E-state index in [9.17, 15) is 9.59 Å². The summed E-state index contributed by atoms with van der Waals surface area (Å²) >= 11 is 0. The molecule has 1 aliphatic rings. The number of anilines is 1. The van der Waals surface area contributed by atoms with Gasteiger partial charge in [0.05, 0.1) is 18.9 Å². The van der Waals surface area contributed by atoms with Crippen molar-refractivity contribution in [3.63, 3.8) is 0 Å². The molecule has 0 atom stereocenters. The Morgan fingerprint density at radius 3 is 2.04 bits per heavy atom. The topological polar surface area (TPSA) is 49.9 Å². The lowest BCUT2D eigenvalue weighted by atomic mass is 9.91. The molecule has 2 amide bonds. The van der Waals surface area contributed by atoms with Crippen molar-refractivity contribution in [2.45, 2.75) is 46.5 Å². The summed E-state index contributed by atoms with van der Waals surface area (Å²) in [5.41, 5.74) is 3.12. The minimum Gasteiger partial charge on any atom is -0.378 e. The number of rotatable bonds is 5. The van der Waals surface area contributed by atoms with Gasteiger partial charge in [-0.15, -0.1) is 0 Å². The summed E-state index contributed by atoms with van der Waals surface area (Å²) in [5, 5.41) is 0. The zero-order valence-corrected chi connectivity index (χ0v) is 16.0. The number of amides is 2. The van der Waals surface area contributed by atoms with Crippen LogP contribution in [-0.2, 0) is 14.3 Å². The SMILES string of the molecule is CC(=O)N(CC(=O)N1CCOCC1)c1c(C(C)C)cccc1C(C)C. The van der Waals surface area contributed by atoms with Gasteiger partial charge in [0.25, 0.3) is 0 Å². The molecular weight excluding hydrogens is 316 g/mol. The third-order valence-electron chi connectivity index (χ3n) is 4.65. The molecule has 0 unspecified atom stereocenters. The lowest BCUT2D eigenvalue weighted by Gasteiger charge is -2.32. The highest BCUT2D eigenvalue weighted by Gasteiger charge is 2.26. The molecule has 1 aromatic rings. The highest BCUT2D eigenvalue weighted by atomic mass is 16.5. The molecule has 0 saturated carbocycles. The Morgan fingerprint density at radius 2 is 1.60 bits per heavy atom. The lowest BCUT2D eigenvalue weighted by molar-refractivity contribution is -0.134. The molecule has 0 spiro atoms. The minimum absolute atomic E-state index is 0.0215. The Morgan fingerprint density at radius 1 is 1.08 bits per heavy atom. The number of carbonyl (C=O) groups excluding carboxylic acids is 2. The van der Waals surface area contributed by atoms with Gasteiger partial charge in [0.15, 0.2) is 0 Å². The number of nitrogens with zero attached hydrogens (tertiary/aromatic N) is 2. The maximum Gasteiger partial charge on any atom is 0.242 e. The molecule has 5 nitrogen and oxygen atoms in total. The van der Waals surface area contributed by atoms with Gasteiger partial charge in [-0.25, -0.2) is 0 Å². The van der Waals surface area contributed by atoms with Crippen LogP contribution >= 0.6 is 0 Å². The van der Waals surface area contributed by atoms with E-state index in [-0.39, 0.29) is 30.2 Å². The lowest BCUT2D eigenvalue weighted by Crippen LogP contribution is -2.47. The number of morpholine rings is 1. The predicted octanol–water partition coefficient (Wildman–Crippen LogP) is 3.15. The molecule has 5 heteroatoms. The summed E-state index contributed by atoms with van der Waals surface area (Å²) in [5.74, 6) is 0.423. The van der Waals surface area contributed by atoms with Gasteiger partial charge < -0.3 is 14.5 Å². The van der Waals surface area contributed by atoms with E-state index in [2.05, 4.69) is 39.8 Å². The van der Waals surface area contributed by atoms with E-state index in [0.29, 0.717) is 26.3 Å². The van der Waals surface area contributed by atoms with Crippen molar-refractivity contribution < 1.29 is 14.3 Å². The second kappa shape index (κ2) is 8.48. The fourth-order valence-corrected chi connectivity index (χ4v) is 3.22. The second-order valence-corrected chi connectivity index (χ2v) is 7.19. The van der Waals surface area contributed by atoms with Crippen molar-refractivity contribution in [2.75, 3.05) is 37.7 Å². The van der Waals surface area contributed by atoms with Gasteiger partial charge in [-0.1, -0.05) is 45.9 Å². The fraction of sp³-hybridized carbons (Fsp3) is 0.600. The average Bonchev–Trinajstić information content (AvgIpc) is 2.59. The monoisotopic (exact) mass is 346 g/mol. The molecule has 138 valence electrons. The van der Waals surface area contributed by atoms with Crippen molar-refractivity contribution in [1.29, 1.82) is 0 Å². The number of ether oxygens (including phenoxy) is 1. The van der Waals surface area contributed by atoms with Gasteiger partial charge in [0, 0.05) is 20.0 Å². The van der Waals surface area contributed by atoms with Crippen molar-refractivity contribution in [1.82, 2.24) is 4.90 Å². The molecule has 0 aromatic heterocycles. The van der Waals surface area contributed by atoms with Crippen molar-refractivity contribution in [3.05, 3.63) is 29.3 Å². The summed E-state index contributed by atoms with van der Waals surface area (Å²) in [4.78, 5) is 28.6. The first-order chi connectivity index (χ1) is 11.8. The van der Waals surface area contributed by atoms with Crippen LogP contribution < -0.4 is 4.90 Å². The molecule has 0 radical (unpaired) electrons. The summed E-state index contributed by atoms with van der Waals surface area (Å²) in [7, 11) is 0. The minimum atomic E-state index is -0.100. The maximum absolute atomic E-state index is 12.7. The molecule has 0 N–H and O–H groups in total. The van der Waals surface area contributed by atoms with Crippen LogP contribution in [0.4, 0.5) is 5.69 Å². The molecule has 1 aliphatic heterocycles. The Hall–Kier alpha value is -1.88. The van der Waals surface area contributed by atoms with Crippen LogP contribution in [0, 0.1) is 0 Å². The zero-order valence-electron chi connectivity index (χ0n) is 16.0. The zero-order chi connectivity index (χ0) is 18.6. The first kappa shape index (κ1) is 19.4. The molecular formula is C20H30N2O3. The number of carbonyl (C=O) groups is 2. The molecule has 1 fully saturated rings. The second-order valence-electron chi connectivity index (χ2n) is 7.19. The maximum atomic E-state index is 12.7. The number of benzene rings is 1. The predicted molar refractivity (Wildman–Crippen MR) is 100 cm³/mol. The van der Waals surface area contributed by atoms with Gasteiger partial charge in [-0.2, -0.15) is 0 Å². The van der Waals surface area contributed by atoms with Crippen LogP contribution in [0.3, 0.4) is 0 Å². The third-order valence-corrected chi connectivity index (χ3v) is 4.65. The number of para-hydroxylation sites is 1. The summed E-state index contributed by atoms with van der Waals surface area (Å²) in [6, 6.07) is 6.15. The van der Waals surface area contributed by atoms with E-state index in [1.807, 2.05) is 6.07 Å². The summed E-state index contributed by atoms with van der Waals surface area (Å²) in [6.07, 6.45) is 0. The molecule has 0 bridgehead atoms. The van der Waals surface area contributed by atoms with Gasteiger partial charge in [-0.05, 0) is 23.0 Å². The fourth-order valence-electron chi connectivity index (χ4n) is 3.22. The molecule has 1 heterocycles. The highest BCUT2D eigenvalue weighted by Crippen LogP contribution is 2.35. The Labute approximate surface area is 150 Å². The summed E-state index contributed by atoms with van der Waals surface area (Å²) < 4.78 is 5.31. The Balaban J connectivity index is 2.39.